The number of fused-ring (bicyclic) bond motifs is 1. The van der Waals surface area contributed by atoms with Gasteiger partial charge in [0.15, 0.2) is 5.82 Å². The molecule has 3 rings (SSSR count). The van der Waals surface area contributed by atoms with Crippen molar-refractivity contribution < 1.29 is 0 Å². The van der Waals surface area contributed by atoms with Gasteiger partial charge in [-0.1, -0.05) is 17.7 Å². The van der Waals surface area contributed by atoms with Crippen molar-refractivity contribution >= 4 is 28.6 Å². The normalized spacial score (nSPS) is 11.3. The van der Waals surface area contributed by atoms with Gasteiger partial charge in [0.25, 0.3) is 0 Å². The molecule has 18 heavy (non-hydrogen) atoms. The molecule has 0 amide bonds. The number of hydrogen-bond acceptors (Lipinski definition) is 3. The van der Waals surface area contributed by atoms with Gasteiger partial charge in [0, 0.05) is 18.8 Å². The zero-order valence-corrected chi connectivity index (χ0v) is 10.8. The van der Waals surface area contributed by atoms with Crippen LogP contribution in [-0.4, -0.2) is 19.3 Å². The van der Waals surface area contributed by atoms with Crippen LogP contribution in [0.2, 0.25) is 5.02 Å². The van der Waals surface area contributed by atoms with E-state index in [1.165, 1.54) is 0 Å². The number of anilines is 1. The molecule has 0 radical (unpaired) electrons. The van der Waals surface area contributed by atoms with Crippen molar-refractivity contribution in [3.05, 3.63) is 35.0 Å². The largest absolute Gasteiger partial charge is 0.369 e. The Kier molecular flexibility index (Phi) is 2.31. The van der Waals surface area contributed by atoms with Crippen molar-refractivity contribution in [3.8, 4) is 5.82 Å². The SMILES string of the molecule is Cc1cc(-n2c(N)nc3c(Cl)cccc32)nn1C. The van der Waals surface area contributed by atoms with E-state index in [9.17, 15) is 0 Å². The van der Waals surface area contributed by atoms with Crippen LogP contribution in [-0.2, 0) is 7.05 Å². The Balaban J connectivity index is 2.35. The Morgan fingerprint density at radius 3 is 2.78 bits per heavy atom. The van der Waals surface area contributed by atoms with Crippen molar-refractivity contribution in [3.63, 3.8) is 0 Å². The molecule has 2 heterocycles. The summed E-state index contributed by atoms with van der Waals surface area (Å²) in [5.41, 5.74) is 8.56. The van der Waals surface area contributed by atoms with Crippen molar-refractivity contribution in [1.29, 1.82) is 0 Å². The maximum absolute atomic E-state index is 6.11. The molecule has 6 heteroatoms. The van der Waals surface area contributed by atoms with E-state index in [0.717, 1.165) is 17.0 Å². The summed E-state index contributed by atoms with van der Waals surface area (Å²) in [6, 6.07) is 7.55. The molecule has 0 saturated heterocycles. The van der Waals surface area contributed by atoms with Gasteiger partial charge in [-0.15, -0.1) is 0 Å². The molecule has 0 atom stereocenters. The number of hydrogen-bond donors (Lipinski definition) is 1. The molecule has 0 aliphatic carbocycles. The number of nitrogens with zero attached hydrogens (tertiary/aromatic N) is 4. The Labute approximate surface area is 109 Å². The highest BCUT2D eigenvalue weighted by Crippen LogP contribution is 2.27. The molecule has 2 aromatic heterocycles. The Morgan fingerprint density at radius 1 is 1.33 bits per heavy atom. The lowest BCUT2D eigenvalue weighted by atomic mass is 10.3. The van der Waals surface area contributed by atoms with Crippen LogP contribution in [0.5, 0.6) is 0 Å². The van der Waals surface area contributed by atoms with Crippen LogP contribution in [0.3, 0.4) is 0 Å². The van der Waals surface area contributed by atoms with Crippen LogP contribution in [0.15, 0.2) is 24.3 Å². The molecule has 1 aromatic carbocycles. The second-order valence-electron chi connectivity index (χ2n) is 4.18. The van der Waals surface area contributed by atoms with Gasteiger partial charge in [0.05, 0.1) is 10.5 Å². The lowest BCUT2D eigenvalue weighted by molar-refractivity contribution is 0.730. The standard InChI is InChI=1S/C12H12ClN5/c1-7-6-10(16-17(7)2)18-9-5-3-4-8(13)11(9)15-12(18)14/h3-6H,1-2H3,(H2,14,15). The molecule has 0 spiro atoms. The van der Waals surface area contributed by atoms with E-state index in [2.05, 4.69) is 10.1 Å². The van der Waals surface area contributed by atoms with Crippen LogP contribution in [0.25, 0.3) is 16.9 Å². The molecule has 3 aromatic rings. The molecule has 0 unspecified atom stereocenters. The third-order valence-corrected chi connectivity index (χ3v) is 3.30. The first-order chi connectivity index (χ1) is 8.58. The number of para-hydroxylation sites is 1. The van der Waals surface area contributed by atoms with Crippen molar-refractivity contribution in [2.45, 2.75) is 6.92 Å². The number of benzene rings is 1. The Morgan fingerprint density at radius 2 is 2.11 bits per heavy atom. The molecule has 0 saturated carbocycles. The van der Waals surface area contributed by atoms with Crippen LogP contribution in [0.4, 0.5) is 5.95 Å². The molecule has 0 bridgehead atoms. The van der Waals surface area contributed by atoms with Gasteiger partial charge in [0.2, 0.25) is 5.95 Å². The first-order valence-electron chi connectivity index (χ1n) is 5.51. The molecular weight excluding hydrogens is 250 g/mol. The van der Waals surface area contributed by atoms with Crippen LogP contribution in [0, 0.1) is 6.92 Å². The summed E-state index contributed by atoms with van der Waals surface area (Å²) in [6.07, 6.45) is 0. The van der Waals surface area contributed by atoms with Crippen LogP contribution in [0.1, 0.15) is 5.69 Å². The summed E-state index contributed by atoms with van der Waals surface area (Å²) >= 11 is 6.11. The van der Waals surface area contributed by atoms with Gasteiger partial charge in [0.1, 0.15) is 5.52 Å². The predicted molar refractivity (Wildman–Crippen MR) is 72.0 cm³/mol. The van der Waals surface area contributed by atoms with E-state index in [1.54, 1.807) is 15.3 Å². The maximum atomic E-state index is 6.11. The highest BCUT2D eigenvalue weighted by Gasteiger charge is 2.14. The van der Waals surface area contributed by atoms with Crippen LogP contribution >= 0.6 is 11.6 Å². The second-order valence-corrected chi connectivity index (χ2v) is 4.59. The van der Waals surface area contributed by atoms with Gasteiger partial charge in [-0.25, -0.2) is 4.98 Å². The summed E-state index contributed by atoms with van der Waals surface area (Å²) in [7, 11) is 1.89. The number of aryl methyl sites for hydroxylation is 2. The topological polar surface area (TPSA) is 61.7 Å². The van der Waals surface area contributed by atoms with Gasteiger partial charge >= 0.3 is 0 Å². The summed E-state index contributed by atoms with van der Waals surface area (Å²) in [5.74, 6) is 1.13. The van der Waals surface area contributed by atoms with Gasteiger partial charge in [-0.05, 0) is 19.1 Å². The fourth-order valence-electron chi connectivity index (χ4n) is 1.97. The van der Waals surface area contributed by atoms with Gasteiger partial charge in [-0.2, -0.15) is 5.10 Å². The third-order valence-electron chi connectivity index (χ3n) is 2.99. The number of rotatable bonds is 1. The highest BCUT2D eigenvalue weighted by atomic mass is 35.5. The monoisotopic (exact) mass is 261 g/mol. The van der Waals surface area contributed by atoms with E-state index in [4.69, 9.17) is 17.3 Å². The lowest BCUT2D eigenvalue weighted by Crippen LogP contribution is -2.02. The minimum absolute atomic E-state index is 0.385. The number of nitrogen functional groups attached to an aromatic ring is 1. The second kappa shape index (κ2) is 3.74. The number of halogens is 1. The Hall–Kier alpha value is -2.01. The molecule has 2 N–H and O–H groups in total. The summed E-state index contributed by atoms with van der Waals surface area (Å²) in [4.78, 5) is 4.29. The molecule has 5 nitrogen and oxygen atoms in total. The fourth-order valence-corrected chi connectivity index (χ4v) is 2.19. The summed E-state index contributed by atoms with van der Waals surface area (Å²) in [5, 5.41) is 5.00. The number of imidazole rings is 1. The van der Waals surface area contributed by atoms with Crippen molar-refractivity contribution in [2.24, 2.45) is 7.05 Å². The predicted octanol–water partition coefficient (Wildman–Crippen LogP) is 2.30. The quantitative estimate of drug-likeness (QED) is 0.731. The van der Waals surface area contributed by atoms with Crippen molar-refractivity contribution in [2.75, 3.05) is 5.73 Å². The van der Waals surface area contributed by atoms with Crippen LogP contribution < -0.4 is 5.73 Å². The minimum Gasteiger partial charge on any atom is -0.369 e. The molecule has 0 fully saturated rings. The minimum atomic E-state index is 0.385. The number of aromatic nitrogens is 4. The highest BCUT2D eigenvalue weighted by molar-refractivity contribution is 6.35. The zero-order chi connectivity index (χ0) is 12.9. The van der Waals surface area contributed by atoms with Crippen molar-refractivity contribution in [1.82, 2.24) is 19.3 Å². The smallest absolute Gasteiger partial charge is 0.207 e. The van der Waals surface area contributed by atoms with E-state index >= 15 is 0 Å². The first-order valence-corrected chi connectivity index (χ1v) is 5.89. The molecule has 0 aliphatic rings. The third kappa shape index (κ3) is 1.48. The molecule has 92 valence electrons. The van der Waals surface area contributed by atoms with Gasteiger partial charge < -0.3 is 5.73 Å². The molecular formula is C12H12ClN5. The van der Waals surface area contributed by atoms with Gasteiger partial charge in [-0.3, -0.25) is 9.25 Å². The average molecular weight is 262 g/mol. The maximum Gasteiger partial charge on any atom is 0.207 e. The Bertz CT molecular complexity index is 721. The lowest BCUT2D eigenvalue weighted by Gasteiger charge is -2.01. The summed E-state index contributed by atoms with van der Waals surface area (Å²) < 4.78 is 3.60. The molecule has 0 aliphatic heterocycles. The van der Waals surface area contributed by atoms with E-state index < -0.39 is 0 Å². The first kappa shape index (κ1) is 11.1. The van der Waals surface area contributed by atoms with E-state index in [0.29, 0.717) is 16.5 Å². The average Bonchev–Trinajstić information content (AvgIpc) is 2.81. The summed E-state index contributed by atoms with van der Waals surface area (Å²) in [6.45, 7) is 1.98. The zero-order valence-electron chi connectivity index (χ0n) is 10.1. The fraction of sp³-hybridized carbons (Fsp3) is 0.167. The number of nitrogens with two attached hydrogens (primary N) is 1. The van der Waals surface area contributed by atoms with E-state index in [-0.39, 0.29) is 0 Å². The van der Waals surface area contributed by atoms with E-state index in [1.807, 2.05) is 32.2 Å².